The predicted octanol–water partition coefficient (Wildman–Crippen LogP) is 3.78. The maximum absolute atomic E-state index is 13.2. The number of amides is 1. The lowest BCUT2D eigenvalue weighted by molar-refractivity contribution is -0.114. The molecule has 0 saturated carbocycles. The Morgan fingerprint density at radius 2 is 1.73 bits per heavy atom. The van der Waals surface area contributed by atoms with Gasteiger partial charge in [0.05, 0.1) is 22.0 Å². The van der Waals surface area contributed by atoms with Gasteiger partial charge >= 0.3 is 0 Å². The van der Waals surface area contributed by atoms with Gasteiger partial charge in [-0.05, 0) is 42.3 Å². The molecule has 0 atom stereocenters. The van der Waals surface area contributed by atoms with Crippen LogP contribution in [0.15, 0.2) is 59.5 Å². The van der Waals surface area contributed by atoms with Crippen LogP contribution in [-0.4, -0.2) is 58.5 Å². The Balaban J connectivity index is 1.40. The molecule has 3 aromatic carbocycles. The molecule has 172 valence electrons. The third-order valence-electron chi connectivity index (χ3n) is 6.36. The van der Waals surface area contributed by atoms with E-state index < -0.39 is 15.9 Å². The first-order valence-electron chi connectivity index (χ1n) is 11.0. The number of carbonyl (C=O) groups is 1. The number of halogens is 1. The number of benzene rings is 3. The summed E-state index contributed by atoms with van der Waals surface area (Å²) >= 11 is 6.23. The highest BCUT2D eigenvalue weighted by Gasteiger charge is 2.36. The summed E-state index contributed by atoms with van der Waals surface area (Å²) in [6.45, 7) is 6.42. The summed E-state index contributed by atoms with van der Waals surface area (Å²) in [5.74, 6) is -0.418. The Bertz CT molecular complexity index is 1330. The van der Waals surface area contributed by atoms with Crippen molar-refractivity contribution in [2.24, 2.45) is 0 Å². The first-order valence-corrected chi connectivity index (χ1v) is 12.8. The van der Waals surface area contributed by atoms with E-state index in [0.29, 0.717) is 21.8 Å². The van der Waals surface area contributed by atoms with Crippen molar-refractivity contribution in [2.45, 2.75) is 11.8 Å². The number of carbonyl (C=O) groups excluding carboxylic acids is 1. The molecular weight excluding hydrogens is 460 g/mol. The van der Waals surface area contributed by atoms with E-state index in [4.69, 9.17) is 11.6 Å². The van der Waals surface area contributed by atoms with Gasteiger partial charge in [0, 0.05) is 36.6 Å². The van der Waals surface area contributed by atoms with Crippen LogP contribution in [0.5, 0.6) is 0 Å². The van der Waals surface area contributed by atoms with Gasteiger partial charge < -0.3 is 15.1 Å². The second-order valence-electron chi connectivity index (χ2n) is 8.27. The van der Waals surface area contributed by atoms with Gasteiger partial charge in [-0.15, -0.1) is 0 Å². The number of likely N-dealkylation sites (N-methyl/N-ethyl adjacent to an activating group) is 1. The standard InChI is InChI=1S/C24H25ClN4O3S/c1-2-27-11-13-28(14-12-27)20-10-9-18(25)15-19(20)26-23(30)16-29-21-7-3-5-17-6-4-8-22(24(17)21)33(29,31)32/h3-10,15H,2,11-14,16H2,1H3,(H,26,30). The average Bonchev–Trinajstić information content (AvgIpc) is 3.02. The van der Waals surface area contributed by atoms with Crippen LogP contribution in [0, 0.1) is 0 Å². The third-order valence-corrected chi connectivity index (χ3v) is 8.40. The van der Waals surface area contributed by atoms with Crippen molar-refractivity contribution >= 4 is 55.4 Å². The van der Waals surface area contributed by atoms with E-state index in [1.54, 1.807) is 36.4 Å². The van der Waals surface area contributed by atoms with Gasteiger partial charge in [-0.1, -0.05) is 42.8 Å². The highest BCUT2D eigenvalue weighted by molar-refractivity contribution is 7.93. The van der Waals surface area contributed by atoms with Gasteiger partial charge in [0.15, 0.2) is 0 Å². The number of nitrogens with zero attached hydrogens (tertiary/aromatic N) is 3. The van der Waals surface area contributed by atoms with Crippen LogP contribution in [-0.2, 0) is 14.8 Å². The summed E-state index contributed by atoms with van der Waals surface area (Å²) < 4.78 is 27.6. The second-order valence-corrected chi connectivity index (χ2v) is 10.5. The lowest BCUT2D eigenvalue weighted by Gasteiger charge is -2.36. The highest BCUT2D eigenvalue weighted by atomic mass is 35.5. The number of piperazine rings is 1. The molecule has 0 bridgehead atoms. The van der Waals surface area contributed by atoms with Crippen molar-refractivity contribution in [2.75, 3.05) is 53.8 Å². The maximum atomic E-state index is 13.2. The zero-order chi connectivity index (χ0) is 23.2. The van der Waals surface area contributed by atoms with E-state index in [0.717, 1.165) is 43.8 Å². The number of hydrogen-bond donors (Lipinski definition) is 1. The lowest BCUT2D eigenvalue weighted by atomic mass is 10.1. The molecule has 0 radical (unpaired) electrons. The van der Waals surface area contributed by atoms with Crippen LogP contribution in [0.25, 0.3) is 10.8 Å². The molecule has 2 heterocycles. The predicted molar refractivity (Wildman–Crippen MR) is 133 cm³/mol. The van der Waals surface area contributed by atoms with Crippen LogP contribution in [0.4, 0.5) is 17.1 Å². The molecule has 9 heteroatoms. The summed E-state index contributed by atoms with van der Waals surface area (Å²) in [5.41, 5.74) is 2.00. The smallest absolute Gasteiger partial charge is 0.265 e. The zero-order valence-electron chi connectivity index (χ0n) is 18.3. The van der Waals surface area contributed by atoms with E-state index in [9.17, 15) is 13.2 Å². The monoisotopic (exact) mass is 484 g/mol. The fourth-order valence-electron chi connectivity index (χ4n) is 4.64. The molecule has 2 aliphatic rings. The Morgan fingerprint density at radius 3 is 2.45 bits per heavy atom. The molecule has 1 fully saturated rings. The molecule has 3 aromatic rings. The zero-order valence-corrected chi connectivity index (χ0v) is 19.9. The molecular formula is C24H25ClN4O3S. The van der Waals surface area contributed by atoms with E-state index >= 15 is 0 Å². The summed E-state index contributed by atoms with van der Waals surface area (Å²) in [6.07, 6.45) is 0. The fraction of sp³-hybridized carbons (Fsp3) is 0.292. The number of anilines is 3. The first kappa shape index (κ1) is 22.0. The molecule has 2 aliphatic heterocycles. The molecule has 5 rings (SSSR count). The van der Waals surface area contributed by atoms with Gasteiger partial charge in [0.1, 0.15) is 6.54 Å². The fourth-order valence-corrected chi connectivity index (χ4v) is 6.48. The molecule has 1 N–H and O–H groups in total. The van der Waals surface area contributed by atoms with Gasteiger partial charge in [-0.2, -0.15) is 0 Å². The van der Waals surface area contributed by atoms with Crippen LogP contribution >= 0.6 is 11.6 Å². The minimum absolute atomic E-state index is 0.237. The van der Waals surface area contributed by atoms with E-state index in [-0.39, 0.29) is 11.4 Å². The summed E-state index contributed by atoms with van der Waals surface area (Å²) in [6, 6.07) is 16.0. The number of rotatable bonds is 5. The van der Waals surface area contributed by atoms with Crippen molar-refractivity contribution in [3.63, 3.8) is 0 Å². The lowest BCUT2D eigenvalue weighted by Crippen LogP contribution is -2.46. The number of nitrogens with one attached hydrogen (secondary N) is 1. The Morgan fingerprint density at radius 1 is 1.00 bits per heavy atom. The Labute approximate surface area is 198 Å². The topological polar surface area (TPSA) is 73.0 Å². The number of sulfonamides is 1. The average molecular weight is 485 g/mol. The summed E-state index contributed by atoms with van der Waals surface area (Å²) in [5, 5.41) is 4.91. The number of hydrogen-bond acceptors (Lipinski definition) is 5. The van der Waals surface area contributed by atoms with Gasteiger partial charge in [0.2, 0.25) is 5.91 Å². The van der Waals surface area contributed by atoms with E-state index in [1.807, 2.05) is 18.2 Å². The third kappa shape index (κ3) is 3.92. The van der Waals surface area contributed by atoms with Crippen LogP contribution in [0.1, 0.15) is 6.92 Å². The maximum Gasteiger partial charge on any atom is 0.265 e. The largest absolute Gasteiger partial charge is 0.367 e. The van der Waals surface area contributed by atoms with Gasteiger partial charge in [0.25, 0.3) is 10.0 Å². The SMILES string of the molecule is CCN1CCN(c2ccc(Cl)cc2NC(=O)CN2c3cccc4cccc(c34)S2(=O)=O)CC1. The second kappa shape index (κ2) is 8.52. The highest BCUT2D eigenvalue weighted by Crippen LogP contribution is 2.42. The molecule has 0 spiro atoms. The summed E-state index contributed by atoms with van der Waals surface area (Å²) in [4.78, 5) is 17.9. The van der Waals surface area contributed by atoms with Gasteiger partial charge in [-0.3, -0.25) is 9.10 Å². The van der Waals surface area contributed by atoms with Crippen molar-refractivity contribution in [1.29, 1.82) is 0 Å². The van der Waals surface area contributed by atoms with E-state index in [2.05, 4.69) is 22.0 Å². The minimum atomic E-state index is -3.80. The Hall–Kier alpha value is -2.81. The Kier molecular flexibility index (Phi) is 5.68. The molecule has 0 aromatic heterocycles. The van der Waals surface area contributed by atoms with Crippen molar-refractivity contribution in [3.05, 3.63) is 59.6 Å². The molecule has 7 nitrogen and oxygen atoms in total. The van der Waals surface area contributed by atoms with Crippen molar-refractivity contribution in [1.82, 2.24) is 4.90 Å². The van der Waals surface area contributed by atoms with Gasteiger partial charge in [-0.25, -0.2) is 8.42 Å². The van der Waals surface area contributed by atoms with E-state index in [1.165, 1.54) is 4.31 Å². The molecule has 0 unspecified atom stereocenters. The minimum Gasteiger partial charge on any atom is -0.367 e. The summed E-state index contributed by atoms with van der Waals surface area (Å²) in [7, 11) is -3.80. The normalized spacial score (nSPS) is 17.5. The quantitative estimate of drug-likeness (QED) is 0.596. The van der Waals surface area contributed by atoms with Crippen LogP contribution < -0.4 is 14.5 Å². The van der Waals surface area contributed by atoms with Crippen molar-refractivity contribution in [3.8, 4) is 0 Å². The molecule has 0 aliphatic carbocycles. The molecule has 33 heavy (non-hydrogen) atoms. The van der Waals surface area contributed by atoms with Crippen LogP contribution in [0.3, 0.4) is 0 Å². The molecule has 1 amide bonds. The molecule has 1 saturated heterocycles. The van der Waals surface area contributed by atoms with Crippen molar-refractivity contribution < 1.29 is 13.2 Å². The first-order chi connectivity index (χ1) is 15.9. The van der Waals surface area contributed by atoms with Crippen LogP contribution in [0.2, 0.25) is 5.02 Å².